The first-order chi connectivity index (χ1) is 8.19. The molecule has 0 atom stereocenters. The SMILES string of the molecule is CCc1c(C(=O)CNC)ccc(OC)c1OC. The van der Waals surface area contributed by atoms with Crippen molar-refractivity contribution in [1.29, 1.82) is 0 Å². The Hall–Kier alpha value is -1.55. The fourth-order valence-electron chi connectivity index (χ4n) is 1.86. The third-order valence-electron chi connectivity index (χ3n) is 2.64. The molecular formula is C13H19NO3. The Labute approximate surface area is 102 Å². The highest BCUT2D eigenvalue weighted by atomic mass is 16.5. The van der Waals surface area contributed by atoms with Crippen LogP contribution in [0.2, 0.25) is 0 Å². The molecule has 0 heterocycles. The summed E-state index contributed by atoms with van der Waals surface area (Å²) in [5.41, 5.74) is 1.59. The zero-order valence-corrected chi connectivity index (χ0v) is 10.8. The first-order valence-electron chi connectivity index (χ1n) is 5.61. The van der Waals surface area contributed by atoms with Crippen molar-refractivity contribution in [2.75, 3.05) is 27.8 Å². The molecule has 0 saturated carbocycles. The second-order valence-corrected chi connectivity index (χ2v) is 3.63. The molecule has 0 aromatic heterocycles. The number of carbonyl (C=O) groups is 1. The number of ketones is 1. The van der Waals surface area contributed by atoms with Crippen LogP contribution in [0.25, 0.3) is 0 Å². The lowest BCUT2D eigenvalue weighted by Crippen LogP contribution is -2.20. The number of benzene rings is 1. The smallest absolute Gasteiger partial charge is 0.177 e. The van der Waals surface area contributed by atoms with Gasteiger partial charge in [-0.3, -0.25) is 4.79 Å². The van der Waals surface area contributed by atoms with E-state index in [1.165, 1.54) is 0 Å². The number of ether oxygens (including phenoxy) is 2. The van der Waals surface area contributed by atoms with E-state index in [1.54, 1.807) is 33.4 Å². The van der Waals surface area contributed by atoms with Gasteiger partial charge in [0.05, 0.1) is 20.8 Å². The summed E-state index contributed by atoms with van der Waals surface area (Å²) in [5, 5.41) is 2.86. The summed E-state index contributed by atoms with van der Waals surface area (Å²) in [6, 6.07) is 3.56. The van der Waals surface area contributed by atoms with E-state index >= 15 is 0 Å². The van der Waals surface area contributed by atoms with Gasteiger partial charge in [0.25, 0.3) is 0 Å². The van der Waals surface area contributed by atoms with Gasteiger partial charge in [-0.15, -0.1) is 0 Å². The van der Waals surface area contributed by atoms with Gasteiger partial charge in [0, 0.05) is 11.1 Å². The highest BCUT2D eigenvalue weighted by molar-refractivity contribution is 5.99. The van der Waals surface area contributed by atoms with E-state index in [1.807, 2.05) is 6.92 Å². The molecule has 94 valence electrons. The van der Waals surface area contributed by atoms with Crippen LogP contribution in [0.4, 0.5) is 0 Å². The highest BCUT2D eigenvalue weighted by Crippen LogP contribution is 2.33. The summed E-state index contributed by atoms with van der Waals surface area (Å²) in [6.45, 7) is 2.32. The summed E-state index contributed by atoms with van der Waals surface area (Å²) >= 11 is 0. The van der Waals surface area contributed by atoms with E-state index < -0.39 is 0 Å². The minimum Gasteiger partial charge on any atom is -0.493 e. The predicted octanol–water partition coefficient (Wildman–Crippen LogP) is 1.67. The lowest BCUT2D eigenvalue weighted by Gasteiger charge is -2.15. The molecule has 0 spiro atoms. The maximum absolute atomic E-state index is 11.9. The Bertz CT molecular complexity index is 402. The minimum atomic E-state index is 0.0605. The molecule has 0 aliphatic heterocycles. The van der Waals surface area contributed by atoms with Gasteiger partial charge in [0.15, 0.2) is 17.3 Å². The molecule has 4 nitrogen and oxygen atoms in total. The highest BCUT2D eigenvalue weighted by Gasteiger charge is 2.17. The third-order valence-corrected chi connectivity index (χ3v) is 2.64. The van der Waals surface area contributed by atoms with E-state index in [4.69, 9.17) is 9.47 Å². The predicted molar refractivity (Wildman–Crippen MR) is 67.2 cm³/mol. The zero-order chi connectivity index (χ0) is 12.8. The van der Waals surface area contributed by atoms with Gasteiger partial charge >= 0.3 is 0 Å². The van der Waals surface area contributed by atoms with Crippen molar-refractivity contribution in [3.8, 4) is 11.5 Å². The molecule has 1 aromatic rings. The minimum absolute atomic E-state index is 0.0605. The Kier molecular flexibility index (Phi) is 4.97. The molecule has 0 saturated heterocycles. The number of methoxy groups -OCH3 is 2. The molecule has 0 fully saturated rings. The van der Waals surface area contributed by atoms with Crippen molar-refractivity contribution in [3.05, 3.63) is 23.3 Å². The summed E-state index contributed by atoms with van der Waals surface area (Å²) < 4.78 is 10.6. The molecule has 1 N–H and O–H groups in total. The monoisotopic (exact) mass is 237 g/mol. The molecule has 0 amide bonds. The van der Waals surface area contributed by atoms with Crippen LogP contribution in [-0.2, 0) is 6.42 Å². The van der Waals surface area contributed by atoms with Gasteiger partial charge in [-0.2, -0.15) is 0 Å². The van der Waals surface area contributed by atoms with Crippen LogP contribution in [0.15, 0.2) is 12.1 Å². The number of nitrogens with one attached hydrogen (secondary N) is 1. The van der Waals surface area contributed by atoms with Crippen LogP contribution in [0, 0.1) is 0 Å². The van der Waals surface area contributed by atoms with Crippen molar-refractivity contribution in [1.82, 2.24) is 5.32 Å². The van der Waals surface area contributed by atoms with Crippen LogP contribution >= 0.6 is 0 Å². The van der Waals surface area contributed by atoms with Crippen LogP contribution < -0.4 is 14.8 Å². The normalized spacial score (nSPS) is 10.1. The van der Waals surface area contributed by atoms with Gasteiger partial charge in [0.2, 0.25) is 0 Å². The van der Waals surface area contributed by atoms with Gasteiger partial charge in [-0.1, -0.05) is 6.92 Å². The van der Waals surface area contributed by atoms with E-state index in [0.29, 0.717) is 23.6 Å². The maximum atomic E-state index is 11.9. The van der Waals surface area contributed by atoms with E-state index in [9.17, 15) is 4.79 Å². The van der Waals surface area contributed by atoms with Crippen molar-refractivity contribution in [3.63, 3.8) is 0 Å². The second kappa shape index (κ2) is 6.25. The van der Waals surface area contributed by atoms with E-state index in [-0.39, 0.29) is 5.78 Å². The average molecular weight is 237 g/mol. The first kappa shape index (κ1) is 13.5. The summed E-state index contributed by atoms with van der Waals surface area (Å²) in [4.78, 5) is 11.9. The summed E-state index contributed by atoms with van der Waals surface area (Å²) in [5.74, 6) is 1.37. The quantitative estimate of drug-likeness (QED) is 0.764. The van der Waals surface area contributed by atoms with Crippen molar-refractivity contribution in [2.45, 2.75) is 13.3 Å². The number of Topliss-reactive ketones (excluding diaryl/α,β-unsaturated/α-hetero) is 1. The zero-order valence-electron chi connectivity index (χ0n) is 10.8. The topological polar surface area (TPSA) is 47.6 Å². The summed E-state index contributed by atoms with van der Waals surface area (Å²) in [6.07, 6.45) is 0.727. The van der Waals surface area contributed by atoms with E-state index in [2.05, 4.69) is 5.32 Å². The van der Waals surface area contributed by atoms with Crippen LogP contribution in [0.5, 0.6) is 11.5 Å². The van der Waals surface area contributed by atoms with Gasteiger partial charge in [-0.25, -0.2) is 0 Å². The van der Waals surface area contributed by atoms with Gasteiger partial charge in [0.1, 0.15) is 0 Å². The molecule has 4 heteroatoms. The Morgan fingerprint density at radius 2 is 2.00 bits per heavy atom. The average Bonchev–Trinajstić information content (AvgIpc) is 2.36. The molecule has 0 aliphatic rings. The Morgan fingerprint density at radius 3 is 2.47 bits per heavy atom. The summed E-state index contributed by atoms with van der Waals surface area (Å²) in [7, 11) is 4.93. The standard InChI is InChI=1S/C13H19NO3/c1-5-9-10(11(15)8-14-2)6-7-12(16-3)13(9)17-4/h6-7,14H,5,8H2,1-4H3. The maximum Gasteiger partial charge on any atom is 0.177 e. The fraction of sp³-hybridized carbons (Fsp3) is 0.462. The van der Waals surface area contributed by atoms with Crippen LogP contribution in [-0.4, -0.2) is 33.6 Å². The van der Waals surface area contributed by atoms with Crippen LogP contribution in [0.1, 0.15) is 22.8 Å². The molecule has 0 radical (unpaired) electrons. The molecular weight excluding hydrogens is 218 g/mol. The lowest BCUT2D eigenvalue weighted by atomic mass is 9.99. The number of hydrogen-bond donors (Lipinski definition) is 1. The van der Waals surface area contributed by atoms with Gasteiger partial charge in [-0.05, 0) is 25.6 Å². The van der Waals surface area contributed by atoms with Gasteiger partial charge < -0.3 is 14.8 Å². The molecule has 0 bridgehead atoms. The largest absolute Gasteiger partial charge is 0.493 e. The number of carbonyl (C=O) groups excluding carboxylic acids is 1. The molecule has 1 rings (SSSR count). The van der Waals surface area contributed by atoms with Crippen molar-refractivity contribution < 1.29 is 14.3 Å². The molecule has 0 aliphatic carbocycles. The molecule has 1 aromatic carbocycles. The Balaban J connectivity index is 3.27. The molecule has 17 heavy (non-hydrogen) atoms. The second-order valence-electron chi connectivity index (χ2n) is 3.63. The molecule has 0 unspecified atom stereocenters. The number of hydrogen-bond acceptors (Lipinski definition) is 4. The van der Waals surface area contributed by atoms with E-state index in [0.717, 1.165) is 12.0 Å². The Morgan fingerprint density at radius 1 is 1.29 bits per heavy atom. The lowest BCUT2D eigenvalue weighted by molar-refractivity contribution is 0.0992. The van der Waals surface area contributed by atoms with Crippen LogP contribution in [0.3, 0.4) is 0 Å². The number of rotatable bonds is 6. The van der Waals surface area contributed by atoms with Crippen molar-refractivity contribution >= 4 is 5.78 Å². The third kappa shape index (κ3) is 2.77. The fourth-order valence-corrected chi connectivity index (χ4v) is 1.86. The first-order valence-corrected chi connectivity index (χ1v) is 5.61. The van der Waals surface area contributed by atoms with Crippen molar-refractivity contribution in [2.24, 2.45) is 0 Å². The number of likely N-dealkylation sites (N-methyl/N-ethyl adjacent to an activating group) is 1.